The smallest absolute Gasteiger partial charge is 0.268 e. The van der Waals surface area contributed by atoms with Crippen LogP contribution < -0.4 is 20.1 Å². The van der Waals surface area contributed by atoms with Gasteiger partial charge < -0.3 is 24.5 Å². The lowest BCUT2D eigenvalue weighted by Crippen LogP contribution is -2.36. The van der Waals surface area contributed by atoms with E-state index in [1.807, 2.05) is 13.0 Å². The van der Waals surface area contributed by atoms with Gasteiger partial charge in [0.15, 0.2) is 0 Å². The minimum absolute atomic E-state index is 0.0749. The van der Waals surface area contributed by atoms with E-state index in [4.69, 9.17) is 13.9 Å². The molecule has 2 N–H and O–H groups in total. The van der Waals surface area contributed by atoms with E-state index in [1.54, 1.807) is 61.7 Å². The van der Waals surface area contributed by atoms with E-state index in [1.165, 1.54) is 12.3 Å². The Kier molecular flexibility index (Phi) is 7.48. The molecule has 2 amide bonds. The van der Waals surface area contributed by atoms with Crippen molar-refractivity contribution < 1.29 is 23.5 Å². The zero-order valence-electron chi connectivity index (χ0n) is 17.4. The molecule has 1 heterocycles. The third-order valence-corrected chi connectivity index (χ3v) is 4.32. The maximum Gasteiger partial charge on any atom is 0.268 e. The van der Waals surface area contributed by atoms with Gasteiger partial charge in [-0.05, 0) is 55.5 Å². The first-order valence-electron chi connectivity index (χ1n) is 9.73. The first kappa shape index (κ1) is 21.7. The van der Waals surface area contributed by atoms with Gasteiger partial charge in [-0.1, -0.05) is 17.7 Å². The van der Waals surface area contributed by atoms with Gasteiger partial charge in [-0.15, -0.1) is 0 Å². The van der Waals surface area contributed by atoms with Gasteiger partial charge >= 0.3 is 0 Å². The molecule has 0 saturated heterocycles. The second-order valence-electron chi connectivity index (χ2n) is 6.68. The number of furan rings is 1. The van der Waals surface area contributed by atoms with Crippen molar-refractivity contribution in [3.8, 4) is 11.5 Å². The first-order chi connectivity index (χ1) is 15.0. The molecule has 0 spiro atoms. The zero-order chi connectivity index (χ0) is 22.1. The van der Waals surface area contributed by atoms with Crippen LogP contribution in [0.15, 0.2) is 77.0 Å². The van der Waals surface area contributed by atoms with Crippen LogP contribution in [0.4, 0.5) is 0 Å². The molecule has 0 unspecified atom stereocenters. The number of methoxy groups -OCH3 is 1. The minimum atomic E-state index is -0.448. The molecule has 0 radical (unpaired) electrons. The van der Waals surface area contributed by atoms with Gasteiger partial charge in [0.1, 0.15) is 29.6 Å². The normalized spacial score (nSPS) is 11.0. The van der Waals surface area contributed by atoms with Crippen LogP contribution in [0.2, 0.25) is 0 Å². The topological polar surface area (TPSA) is 89.8 Å². The summed E-state index contributed by atoms with van der Waals surface area (Å²) in [6.45, 7) is 2.41. The number of ether oxygens (including phenoxy) is 2. The van der Waals surface area contributed by atoms with Crippen LogP contribution in [0.5, 0.6) is 11.5 Å². The summed E-state index contributed by atoms with van der Waals surface area (Å²) in [4.78, 5) is 25.3. The third-order valence-electron chi connectivity index (χ3n) is 4.32. The molecule has 0 atom stereocenters. The summed E-state index contributed by atoms with van der Waals surface area (Å²) >= 11 is 0. The van der Waals surface area contributed by atoms with Crippen LogP contribution in [-0.2, 0) is 4.79 Å². The van der Waals surface area contributed by atoms with Gasteiger partial charge in [0.2, 0.25) is 0 Å². The summed E-state index contributed by atoms with van der Waals surface area (Å²) in [5, 5.41) is 5.41. The van der Waals surface area contributed by atoms with Crippen LogP contribution >= 0.6 is 0 Å². The molecule has 7 nitrogen and oxygen atoms in total. The third kappa shape index (κ3) is 6.50. The molecule has 0 aliphatic heterocycles. The highest BCUT2D eigenvalue weighted by Crippen LogP contribution is 2.16. The molecule has 3 aromatic rings. The predicted molar refractivity (Wildman–Crippen MR) is 117 cm³/mol. The van der Waals surface area contributed by atoms with Crippen molar-refractivity contribution in [2.75, 3.05) is 20.3 Å². The number of amides is 2. The molecule has 0 fully saturated rings. The molecule has 3 rings (SSSR count). The lowest BCUT2D eigenvalue weighted by atomic mass is 10.1. The van der Waals surface area contributed by atoms with Crippen molar-refractivity contribution in [3.63, 3.8) is 0 Å². The van der Waals surface area contributed by atoms with E-state index in [0.717, 1.165) is 11.3 Å². The Morgan fingerprint density at radius 3 is 2.48 bits per heavy atom. The SMILES string of the molecule is COc1ccc(OCCNC(=O)/C(=C/c2ccco2)NC(=O)c2cccc(C)c2)cc1. The van der Waals surface area contributed by atoms with E-state index in [2.05, 4.69) is 10.6 Å². The van der Waals surface area contributed by atoms with E-state index < -0.39 is 5.91 Å². The van der Waals surface area contributed by atoms with Crippen LogP contribution in [0, 0.1) is 6.92 Å². The van der Waals surface area contributed by atoms with Gasteiger partial charge in [-0.25, -0.2) is 0 Å². The van der Waals surface area contributed by atoms with Crippen molar-refractivity contribution >= 4 is 17.9 Å². The van der Waals surface area contributed by atoms with E-state index in [9.17, 15) is 9.59 Å². The maximum absolute atomic E-state index is 12.7. The highest BCUT2D eigenvalue weighted by molar-refractivity contribution is 6.05. The van der Waals surface area contributed by atoms with E-state index in [-0.39, 0.29) is 24.8 Å². The molecular weight excluding hydrogens is 396 g/mol. The number of benzene rings is 2. The van der Waals surface area contributed by atoms with Crippen LogP contribution in [-0.4, -0.2) is 32.1 Å². The van der Waals surface area contributed by atoms with Crippen molar-refractivity contribution in [2.45, 2.75) is 6.92 Å². The van der Waals surface area contributed by atoms with E-state index in [0.29, 0.717) is 17.1 Å². The molecule has 2 aromatic carbocycles. The lowest BCUT2D eigenvalue weighted by molar-refractivity contribution is -0.117. The molecule has 0 bridgehead atoms. The van der Waals surface area contributed by atoms with Crippen LogP contribution in [0.25, 0.3) is 6.08 Å². The number of carbonyl (C=O) groups is 2. The van der Waals surface area contributed by atoms with Gasteiger partial charge in [-0.3, -0.25) is 9.59 Å². The first-order valence-corrected chi connectivity index (χ1v) is 9.73. The summed E-state index contributed by atoms with van der Waals surface area (Å²) < 4.78 is 16.0. The Labute approximate surface area is 180 Å². The minimum Gasteiger partial charge on any atom is -0.497 e. The van der Waals surface area contributed by atoms with Gasteiger partial charge in [0.25, 0.3) is 11.8 Å². The Balaban J connectivity index is 1.60. The molecule has 0 aliphatic carbocycles. The Morgan fingerprint density at radius 2 is 1.81 bits per heavy atom. The standard InChI is InChI=1S/C24H24N2O5/c1-17-5-3-6-18(15-17)23(27)26-22(16-21-7-4-13-30-21)24(28)25-12-14-31-20-10-8-19(29-2)9-11-20/h3-11,13,15-16H,12,14H2,1-2H3,(H,25,28)(H,26,27)/b22-16-. The van der Waals surface area contributed by atoms with Crippen LogP contribution in [0.3, 0.4) is 0 Å². The summed E-state index contributed by atoms with van der Waals surface area (Å²) in [5.74, 6) is 1.01. The largest absolute Gasteiger partial charge is 0.497 e. The fraction of sp³-hybridized carbons (Fsp3) is 0.167. The monoisotopic (exact) mass is 420 g/mol. The zero-order valence-corrected chi connectivity index (χ0v) is 17.4. The highest BCUT2D eigenvalue weighted by Gasteiger charge is 2.15. The Bertz CT molecular complexity index is 1040. The van der Waals surface area contributed by atoms with E-state index >= 15 is 0 Å². The fourth-order valence-electron chi connectivity index (χ4n) is 2.76. The van der Waals surface area contributed by atoms with Gasteiger partial charge in [-0.2, -0.15) is 0 Å². The summed E-state index contributed by atoms with van der Waals surface area (Å²) in [7, 11) is 1.59. The van der Waals surface area contributed by atoms with Crippen molar-refractivity contribution in [1.82, 2.24) is 10.6 Å². The average Bonchev–Trinajstić information content (AvgIpc) is 3.29. The maximum atomic E-state index is 12.7. The highest BCUT2D eigenvalue weighted by atomic mass is 16.5. The fourth-order valence-corrected chi connectivity index (χ4v) is 2.76. The predicted octanol–water partition coefficient (Wildman–Crippen LogP) is 3.56. The average molecular weight is 420 g/mol. The number of hydrogen-bond acceptors (Lipinski definition) is 5. The number of carbonyl (C=O) groups excluding carboxylic acids is 2. The molecule has 160 valence electrons. The molecular formula is C24H24N2O5. The molecule has 1 aromatic heterocycles. The summed E-state index contributed by atoms with van der Waals surface area (Å²) in [6.07, 6.45) is 2.97. The summed E-state index contributed by atoms with van der Waals surface area (Å²) in [5.41, 5.74) is 1.48. The molecule has 7 heteroatoms. The number of rotatable bonds is 9. The number of nitrogens with one attached hydrogen (secondary N) is 2. The quantitative estimate of drug-likeness (QED) is 0.408. The molecule has 0 saturated carbocycles. The van der Waals surface area contributed by atoms with Crippen LogP contribution in [0.1, 0.15) is 21.7 Å². The van der Waals surface area contributed by atoms with Gasteiger partial charge in [0, 0.05) is 11.6 Å². The second kappa shape index (κ2) is 10.7. The Hall–Kier alpha value is -4.00. The summed E-state index contributed by atoms with van der Waals surface area (Å²) in [6, 6.07) is 17.7. The molecule has 31 heavy (non-hydrogen) atoms. The van der Waals surface area contributed by atoms with Crippen molar-refractivity contribution in [2.24, 2.45) is 0 Å². The number of aryl methyl sites for hydroxylation is 1. The Morgan fingerprint density at radius 1 is 1.03 bits per heavy atom. The lowest BCUT2D eigenvalue weighted by Gasteiger charge is -2.12. The second-order valence-corrected chi connectivity index (χ2v) is 6.68. The van der Waals surface area contributed by atoms with Gasteiger partial charge in [0.05, 0.1) is 19.9 Å². The number of hydrogen-bond donors (Lipinski definition) is 2. The van der Waals surface area contributed by atoms with Crippen molar-refractivity contribution in [1.29, 1.82) is 0 Å². The molecule has 0 aliphatic rings. The van der Waals surface area contributed by atoms with Crippen molar-refractivity contribution in [3.05, 3.63) is 89.5 Å².